The highest BCUT2D eigenvalue weighted by molar-refractivity contribution is 5.89. The van der Waals surface area contributed by atoms with Crippen molar-refractivity contribution in [3.8, 4) is 0 Å². The van der Waals surface area contributed by atoms with Gasteiger partial charge in [-0.1, -0.05) is 20.8 Å². The maximum Gasteiger partial charge on any atom is 0.326 e. The summed E-state index contributed by atoms with van der Waals surface area (Å²) in [5.74, 6) is -3.51. The Morgan fingerprint density at radius 1 is 1.28 bits per heavy atom. The Morgan fingerprint density at radius 3 is 2.17 bits per heavy atom. The van der Waals surface area contributed by atoms with E-state index in [1.54, 1.807) is 20.8 Å². The first kappa shape index (κ1) is 14.4. The van der Waals surface area contributed by atoms with Crippen LogP contribution in [0.3, 0.4) is 0 Å². The molecule has 4 N–H and O–H groups in total. The molecule has 0 radical (unpaired) electrons. The molecule has 104 valence electrons. The molecule has 0 aliphatic heterocycles. The van der Waals surface area contributed by atoms with Crippen molar-refractivity contribution < 1.29 is 26.0 Å². The summed E-state index contributed by atoms with van der Waals surface area (Å²) in [7, 11) is 0. The van der Waals surface area contributed by atoms with Crippen LogP contribution in [0.1, 0.15) is 27.2 Å². The number of carboxylic acid groups (broad SMARTS) is 2. The Bertz CT molecular complexity index is 348. The van der Waals surface area contributed by atoms with Crippen LogP contribution in [0.5, 0.6) is 0 Å². The van der Waals surface area contributed by atoms with E-state index in [0.717, 1.165) is 5.31 Å². The lowest BCUT2D eigenvalue weighted by Gasteiger charge is -2.22. The van der Waals surface area contributed by atoms with Gasteiger partial charge in [-0.3, -0.25) is 9.59 Å². The third-order valence-electron chi connectivity index (χ3n) is 2.30. The largest absolute Gasteiger partial charge is 0.481 e. The molecule has 0 aliphatic rings. The number of carbonyl (C=O) groups is 3. The van der Waals surface area contributed by atoms with E-state index in [1.807, 2.05) is 0 Å². The summed E-state index contributed by atoms with van der Waals surface area (Å²) in [5, 5.41) is 20.8. The van der Waals surface area contributed by atoms with Crippen LogP contribution in [-0.2, 0) is 14.4 Å². The van der Waals surface area contributed by atoms with Gasteiger partial charge < -0.3 is 20.8 Å². The van der Waals surface area contributed by atoms with Crippen LogP contribution in [0, 0.1) is 5.92 Å². The zero-order valence-corrected chi connectivity index (χ0v) is 10.7. The fraction of sp³-hybridized carbons (Fsp3) is 0.727. The van der Waals surface area contributed by atoms with E-state index in [9.17, 15) is 14.4 Å². The molecule has 0 fully saturated rings. The van der Waals surface area contributed by atoms with Gasteiger partial charge in [0.1, 0.15) is 7.45 Å². The second-order valence-corrected chi connectivity index (χ2v) is 4.18. The van der Waals surface area contributed by atoms with E-state index < -0.39 is 36.4 Å². The number of hydrogen-bond donors (Lipinski definition) is 4. The van der Waals surface area contributed by atoms with Crippen LogP contribution in [0.25, 0.3) is 0 Å². The molecule has 0 bridgehead atoms. The quantitative estimate of drug-likeness (QED) is 0.475. The molecule has 18 heavy (non-hydrogen) atoms. The van der Waals surface area contributed by atoms with E-state index in [-0.39, 0.29) is 12.5 Å². The first-order chi connectivity index (χ1) is 8.70. The minimum atomic E-state index is -1.22. The molecule has 0 aromatic rings. The van der Waals surface area contributed by atoms with Crippen LogP contribution >= 0.6 is 0 Å². The van der Waals surface area contributed by atoms with Crippen molar-refractivity contribution in [2.24, 2.45) is 5.92 Å². The molecule has 0 spiro atoms. The first-order valence-electron chi connectivity index (χ1n) is 6.15. The third-order valence-corrected chi connectivity index (χ3v) is 2.30. The van der Waals surface area contributed by atoms with E-state index in [4.69, 9.17) is 11.6 Å². The molecule has 0 heterocycles. The summed E-state index contributed by atoms with van der Waals surface area (Å²) in [6.45, 7) is 5.02. The Hall–Kier alpha value is -1.63. The Balaban J connectivity index is 4.89. The number of nitrogens with one attached hydrogen (secondary N) is 2. The first-order valence-corrected chi connectivity index (χ1v) is 5.71. The van der Waals surface area contributed by atoms with Gasteiger partial charge in [-0.2, -0.15) is 0 Å². The van der Waals surface area contributed by atoms with Gasteiger partial charge in [-0.15, -0.1) is 0 Å². The number of rotatable bonds is 8. The van der Waals surface area contributed by atoms with Gasteiger partial charge in [0.25, 0.3) is 0 Å². The minimum Gasteiger partial charge on any atom is -0.481 e. The topological polar surface area (TPSA) is 116 Å². The molecular weight excluding hydrogens is 240 g/mol. The van der Waals surface area contributed by atoms with Crippen LogP contribution in [0.15, 0.2) is 0 Å². The van der Waals surface area contributed by atoms with Crippen LogP contribution in [-0.4, -0.2) is 46.7 Å². The fourth-order valence-electron chi connectivity index (χ4n) is 1.39. The second kappa shape index (κ2) is 7.65. The van der Waals surface area contributed by atoms with Crippen LogP contribution < -0.4 is 10.6 Å². The Morgan fingerprint density at radius 2 is 1.83 bits per heavy atom. The smallest absolute Gasteiger partial charge is 0.326 e. The molecule has 7 heteroatoms. The summed E-state index contributed by atoms with van der Waals surface area (Å²) in [5.41, 5.74) is 0. The van der Waals surface area contributed by atoms with Crippen molar-refractivity contribution in [3.05, 3.63) is 0 Å². The molecular formula is C11H20N2O5. The van der Waals surface area contributed by atoms with Gasteiger partial charge in [0.2, 0.25) is 5.91 Å². The second-order valence-electron chi connectivity index (χ2n) is 4.18. The molecule has 0 aromatic heterocycles. The lowest BCUT2D eigenvalue weighted by molar-refractivity contribution is -0.144. The summed E-state index contributed by atoms with van der Waals surface area (Å²) in [6.07, 6.45) is -0.548. The SMILES string of the molecule is [2H]N(CC)[C@@H](CC(=O)O)C(=O)N[C@H](C(=O)O)C(C)C. The van der Waals surface area contributed by atoms with Gasteiger partial charge >= 0.3 is 11.9 Å². The number of amides is 1. The zero-order chi connectivity index (χ0) is 15.2. The number of likely N-dealkylation sites (N-methyl/N-ethyl adjacent to an activating group) is 1. The lowest BCUT2D eigenvalue weighted by atomic mass is 10.0. The molecule has 7 nitrogen and oxygen atoms in total. The maximum absolute atomic E-state index is 11.9. The summed E-state index contributed by atoms with van der Waals surface area (Å²) in [6, 6.07) is -2.31. The van der Waals surface area contributed by atoms with Crippen molar-refractivity contribution in [2.45, 2.75) is 39.3 Å². The van der Waals surface area contributed by atoms with Crippen molar-refractivity contribution in [1.29, 1.82) is 0 Å². The maximum atomic E-state index is 11.9. The van der Waals surface area contributed by atoms with Gasteiger partial charge in [0, 0.05) is 0 Å². The number of aliphatic carboxylic acids is 2. The number of carboxylic acids is 2. The molecule has 0 aromatic carbocycles. The highest BCUT2D eigenvalue weighted by atomic mass is 16.4. The number of hydrogen-bond acceptors (Lipinski definition) is 4. The molecule has 0 saturated carbocycles. The molecule has 2 atom stereocenters. The number of carbonyl (C=O) groups excluding carboxylic acids is 1. The molecule has 0 rings (SSSR count). The Kier molecular flexibility index (Phi) is 6.13. The summed E-state index contributed by atoms with van der Waals surface area (Å²) >= 11 is 0. The highest BCUT2D eigenvalue weighted by Gasteiger charge is 2.28. The third kappa shape index (κ3) is 5.62. The predicted molar refractivity (Wildman–Crippen MR) is 64.1 cm³/mol. The molecule has 0 saturated heterocycles. The van der Waals surface area contributed by atoms with Gasteiger partial charge in [-0.05, 0) is 12.5 Å². The van der Waals surface area contributed by atoms with Gasteiger partial charge in [0.05, 0.1) is 12.5 Å². The van der Waals surface area contributed by atoms with Crippen LogP contribution in [0.2, 0.25) is 1.41 Å². The average molecular weight is 261 g/mol. The minimum absolute atomic E-state index is 0.158. The molecule has 0 unspecified atom stereocenters. The summed E-state index contributed by atoms with van der Waals surface area (Å²) in [4.78, 5) is 33.5. The summed E-state index contributed by atoms with van der Waals surface area (Å²) < 4.78 is 7.52. The van der Waals surface area contributed by atoms with Gasteiger partial charge in [-0.25, -0.2) is 4.79 Å². The Labute approximate surface area is 107 Å². The normalized spacial score (nSPS) is 15.1. The predicted octanol–water partition coefficient (Wildman–Crippen LogP) is -0.335. The van der Waals surface area contributed by atoms with E-state index in [1.165, 1.54) is 0 Å². The van der Waals surface area contributed by atoms with E-state index in [2.05, 4.69) is 5.32 Å². The van der Waals surface area contributed by atoms with Crippen molar-refractivity contribution in [3.63, 3.8) is 0 Å². The fourth-order valence-corrected chi connectivity index (χ4v) is 1.39. The van der Waals surface area contributed by atoms with Crippen LogP contribution in [0.4, 0.5) is 0 Å². The average Bonchev–Trinajstić information content (AvgIpc) is 2.30. The molecule has 1 amide bonds. The van der Waals surface area contributed by atoms with Crippen molar-refractivity contribution >= 4 is 17.8 Å². The van der Waals surface area contributed by atoms with Gasteiger partial charge in [0.15, 0.2) is 0 Å². The molecule has 0 aliphatic carbocycles. The van der Waals surface area contributed by atoms with Crippen molar-refractivity contribution in [2.75, 3.05) is 6.54 Å². The van der Waals surface area contributed by atoms with E-state index in [0.29, 0.717) is 0 Å². The van der Waals surface area contributed by atoms with Crippen molar-refractivity contribution in [1.82, 2.24) is 10.6 Å². The standard InChI is InChI=1S/C11H20N2O5/c1-4-12-7(5-8(14)15)10(16)13-9(6(2)3)11(17)18/h6-7,9,12H,4-5H2,1-3H3,(H,13,16)(H,14,15)(H,17,18)/t7-,9-/m0/s1/i/hD. The zero-order valence-electron chi connectivity index (χ0n) is 11.7. The van der Waals surface area contributed by atoms with E-state index >= 15 is 0 Å². The monoisotopic (exact) mass is 261 g/mol. The highest BCUT2D eigenvalue weighted by Crippen LogP contribution is 2.03. The lowest BCUT2D eigenvalue weighted by Crippen LogP contribution is -2.52.